The lowest BCUT2D eigenvalue weighted by Gasteiger charge is -2.28. The molecule has 0 bridgehead atoms. The van der Waals surface area contributed by atoms with Crippen LogP contribution in [-0.2, 0) is 9.59 Å². The van der Waals surface area contributed by atoms with Crippen molar-refractivity contribution in [3.05, 3.63) is 0 Å². The fourth-order valence-electron chi connectivity index (χ4n) is 4.37. The Labute approximate surface area is 132 Å². The topological polar surface area (TPSA) is 64.4 Å². The van der Waals surface area contributed by atoms with Crippen LogP contribution >= 0.6 is 0 Å². The van der Waals surface area contributed by atoms with Gasteiger partial charge in [0.05, 0.1) is 12.0 Å². The van der Waals surface area contributed by atoms with Gasteiger partial charge in [0.25, 0.3) is 0 Å². The van der Waals surface area contributed by atoms with Gasteiger partial charge in [0.1, 0.15) is 5.41 Å². The number of nitriles is 1. The summed E-state index contributed by atoms with van der Waals surface area (Å²) in [5, 5.41) is 9.47. The molecule has 5 heteroatoms. The summed E-state index contributed by atoms with van der Waals surface area (Å²) in [7, 11) is 0. The molecule has 1 saturated carbocycles. The molecule has 0 radical (unpaired) electrons. The van der Waals surface area contributed by atoms with Gasteiger partial charge >= 0.3 is 0 Å². The molecule has 3 rings (SSSR count). The van der Waals surface area contributed by atoms with Crippen molar-refractivity contribution in [1.29, 1.82) is 5.26 Å². The fraction of sp³-hybridized carbons (Fsp3) is 0.824. The van der Waals surface area contributed by atoms with Gasteiger partial charge in [0.2, 0.25) is 11.8 Å². The summed E-state index contributed by atoms with van der Waals surface area (Å²) in [6.07, 6.45) is 3.28. The lowest BCUT2D eigenvalue weighted by molar-refractivity contribution is -0.139. The molecule has 1 aliphatic carbocycles. The molecule has 0 unspecified atom stereocenters. The number of likely N-dealkylation sites (tertiary alicyclic amines) is 2. The predicted molar refractivity (Wildman–Crippen MR) is 81.5 cm³/mol. The lowest BCUT2D eigenvalue weighted by atomic mass is 9.86. The van der Waals surface area contributed by atoms with E-state index < -0.39 is 5.41 Å². The Morgan fingerprint density at radius 3 is 2.55 bits per heavy atom. The standard InChI is InChI=1S/C17H25N3O2/c1-12(2)7-19-8-13-9-20(10-14(13)15(19)21)16(22)17(11-18)5-3-4-6-17/h12-14H,3-10H2,1-2H3/t13-,14+/m1/s1. The van der Waals surface area contributed by atoms with E-state index in [1.54, 1.807) is 4.90 Å². The average molecular weight is 303 g/mol. The summed E-state index contributed by atoms with van der Waals surface area (Å²) in [5.74, 6) is 0.865. The van der Waals surface area contributed by atoms with Gasteiger partial charge in [-0.15, -0.1) is 0 Å². The molecule has 2 saturated heterocycles. The smallest absolute Gasteiger partial charge is 0.243 e. The van der Waals surface area contributed by atoms with Crippen LogP contribution in [0.1, 0.15) is 39.5 Å². The zero-order valence-electron chi connectivity index (χ0n) is 13.5. The Morgan fingerprint density at radius 2 is 2.00 bits per heavy atom. The number of nitrogens with zero attached hydrogens (tertiary/aromatic N) is 3. The van der Waals surface area contributed by atoms with E-state index in [2.05, 4.69) is 19.9 Å². The molecule has 2 aliphatic heterocycles. The first-order valence-corrected chi connectivity index (χ1v) is 8.46. The maximum absolute atomic E-state index is 12.8. The van der Waals surface area contributed by atoms with Crippen LogP contribution in [0.2, 0.25) is 0 Å². The summed E-state index contributed by atoms with van der Waals surface area (Å²) in [6.45, 7) is 6.97. The van der Waals surface area contributed by atoms with Crippen LogP contribution < -0.4 is 0 Å². The van der Waals surface area contributed by atoms with Crippen molar-refractivity contribution in [1.82, 2.24) is 9.80 Å². The number of carbonyl (C=O) groups is 2. The molecule has 0 aromatic rings. The van der Waals surface area contributed by atoms with Gasteiger partial charge in [-0.1, -0.05) is 26.7 Å². The summed E-state index contributed by atoms with van der Waals surface area (Å²) in [6, 6.07) is 2.28. The molecule has 2 amide bonds. The molecule has 0 aromatic heterocycles. The summed E-state index contributed by atoms with van der Waals surface area (Å²) in [5.41, 5.74) is -0.806. The maximum Gasteiger partial charge on any atom is 0.243 e. The number of hydrogen-bond acceptors (Lipinski definition) is 3. The minimum atomic E-state index is -0.806. The highest BCUT2D eigenvalue weighted by Crippen LogP contribution is 2.42. The molecule has 2 heterocycles. The van der Waals surface area contributed by atoms with Crippen LogP contribution in [0.5, 0.6) is 0 Å². The molecular formula is C17H25N3O2. The molecule has 120 valence electrons. The lowest BCUT2D eigenvalue weighted by Crippen LogP contribution is -2.43. The van der Waals surface area contributed by atoms with Crippen molar-refractivity contribution >= 4 is 11.8 Å². The van der Waals surface area contributed by atoms with E-state index in [0.717, 1.165) is 25.9 Å². The third-order valence-electron chi connectivity index (χ3n) is 5.48. The Bertz CT molecular complexity index is 516. The fourth-order valence-corrected chi connectivity index (χ4v) is 4.37. The second kappa shape index (κ2) is 5.57. The van der Waals surface area contributed by atoms with Gasteiger partial charge in [-0.25, -0.2) is 0 Å². The van der Waals surface area contributed by atoms with Crippen molar-refractivity contribution in [2.24, 2.45) is 23.2 Å². The molecule has 0 spiro atoms. The van der Waals surface area contributed by atoms with Crippen LogP contribution in [0.25, 0.3) is 0 Å². The van der Waals surface area contributed by atoms with Crippen molar-refractivity contribution in [2.75, 3.05) is 26.2 Å². The van der Waals surface area contributed by atoms with Gasteiger partial charge in [0.15, 0.2) is 0 Å². The highest BCUT2D eigenvalue weighted by molar-refractivity contribution is 5.88. The van der Waals surface area contributed by atoms with E-state index in [9.17, 15) is 14.9 Å². The van der Waals surface area contributed by atoms with Crippen LogP contribution in [0.15, 0.2) is 0 Å². The van der Waals surface area contributed by atoms with Crippen molar-refractivity contribution in [3.63, 3.8) is 0 Å². The van der Waals surface area contributed by atoms with Crippen LogP contribution in [0.3, 0.4) is 0 Å². The Balaban J connectivity index is 1.67. The Hall–Kier alpha value is -1.57. The van der Waals surface area contributed by atoms with E-state index in [1.165, 1.54) is 0 Å². The van der Waals surface area contributed by atoms with Crippen LogP contribution in [0.4, 0.5) is 0 Å². The van der Waals surface area contributed by atoms with Crippen LogP contribution in [0, 0.1) is 34.5 Å². The van der Waals surface area contributed by atoms with E-state index in [-0.39, 0.29) is 23.7 Å². The van der Waals surface area contributed by atoms with Crippen molar-refractivity contribution in [3.8, 4) is 6.07 Å². The summed E-state index contributed by atoms with van der Waals surface area (Å²) < 4.78 is 0. The average Bonchev–Trinajstić information content (AvgIpc) is 3.16. The van der Waals surface area contributed by atoms with Gasteiger partial charge in [0, 0.05) is 32.1 Å². The highest BCUT2D eigenvalue weighted by Gasteiger charge is 2.51. The van der Waals surface area contributed by atoms with E-state index in [4.69, 9.17) is 0 Å². The predicted octanol–water partition coefficient (Wildman–Crippen LogP) is 1.64. The minimum absolute atomic E-state index is 0.0230. The first kappa shape index (κ1) is 15.3. The van der Waals surface area contributed by atoms with Gasteiger partial charge in [-0.2, -0.15) is 5.26 Å². The second-order valence-corrected chi connectivity index (χ2v) is 7.61. The third kappa shape index (κ3) is 2.39. The zero-order valence-corrected chi connectivity index (χ0v) is 13.5. The molecule has 5 nitrogen and oxygen atoms in total. The van der Waals surface area contributed by atoms with Crippen LogP contribution in [-0.4, -0.2) is 47.8 Å². The molecule has 0 aromatic carbocycles. The quantitative estimate of drug-likeness (QED) is 0.796. The normalized spacial score (nSPS) is 30.0. The third-order valence-corrected chi connectivity index (χ3v) is 5.48. The molecule has 3 aliphatic rings. The van der Waals surface area contributed by atoms with Gasteiger partial charge in [-0.05, 0) is 18.8 Å². The van der Waals surface area contributed by atoms with Crippen molar-refractivity contribution in [2.45, 2.75) is 39.5 Å². The number of fused-ring (bicyclic) bond motifs is 1. The van der Waals surface area contributed by atoms with Gasteiger partial charge < -0.3 is 9.80 Å². The first-order chi connectivity index (χ1) is 10.5. The molecule has 3 fully saturated rings. The SMILES string of the molecule is CC(C)CN1C[C@@H]2CN(C(=O)C3(C#N)CCCC3)C[C@@H]2C1=O. The number of rotatable bonds is 3. The monoisotopic (exact) mass is 303 g/mol. The molecular weight excluding hydrogens is 278 g/mol. The molecule has 22 heavy (non-hydrogen) atoms. The maximum atomic E-state index is 12.8. The minimum Gasteiger partial charge on any atom is -0.342 e. The zero-order chi connectivity index (χ0) is 15.9. The second-order valence-electron chi connectivity index (χ2n) is 7.61. The number of hydrogen-bond donors (Lipinski definition) is 0. The first-order valence-electron chi connectivity index (χ1n) is 8.46. The van der Waals surface area contributed by atoms with E-state index in [0.29, 0.717) is 31.8 Å². The Kier molecular flexibility index (Phi) is 3.88. The molecule has 0 N–H and O–H groups in total. The van der Waals surface area contributed by atoms with Crippen molar-refractivity contribution < 1.29 is 9.59 Å². The highest BCUT2D eigenvalue weighted by atomic mass is 16.2. The van der Waals surface area contributed by atoms with E-state index >= 15 is 0 Å². The van der Waals surface area contributed by atoms with E-state index in [1.807, 2.05) is 4.90 Å². The Morgan fingerprint density at radius 1 is 1.32 bits per heavy atom. The largest absolute Gasteiger partial charge is 0.342 e. The van der Waals surface area contributed by atoms with Gasteiger partial charge in [-0.3, -0.25) is 9.59 Å². The molecule has 2 atom stereocenters. The number of carbonyl (C=O) groups excluding carboxylic acids is 2. The number of amides is 2. The summed E-state index contributed by atoms with van der Waals surface area (Å²) in [4.78, 5) is 29.0. The summed E-state index contributed by atoms with van der Waals surface area (Å²) >= 11 is 0.